The van der Waals surface area contributed by atoms with Gasteiger partial charge in [-0.15, -0.1) is 0 Å². The Hall–Kier alpha value is 0.310. The highest BCUT2D eigenvalue weighted by Gasteiger charge is 2.20. The van der Waals surface area contributed by atoms with E-state index in [1.54, 1.807) is 0 Å². The number of hydrogen-bond donors (Lipinski definition) is 0. The third kappa shape index (κ3) is 7.56. The van der Waals surface area contributed by atoms with Gasteiger partial charge >= 0.3 is 0 Å². The Morgan fingerprint density at radius 1 is 1.06 bits per heavy atom. The van der Waals surface area contributed by atoms with Crippen molar-refractivity contribution in [3.05, 3.63) is 0 Å². The van der Waals surface area contributed by atoms with E-state index in [9.17, 15) is 0 Å². The molecule has 0 saturated carbocycles. The molecular formula is C12H28NO2P. The van der Waals surface area contributed by atoms with E-state index >= 15 is 0 Å². The molecule has 0 saturated heterocycles. The molecule has 98 valence electrons. The SMILES string of the molecule is CCCCN(CC(C)C)P(OCC)OCC. The van der Waals surface area contributed by atoms with E-state index in [1.165, 1.54) is 12.8 Å². The summed E-state index contributed by atoms with van der Waals surface area (Å²) in [4.78, 5) is 0. The van der Waals surface area contributed by atoms with Crippen molar-refractivity contribution >= 4 is 8.53 Å². The average molecular weight is 249 g/mol. The van der Waals surface area contributed by atoms with Crippen LogP contribution in [0.5, 0.6) is 0 Å². The maximum Gasteiger partial charge on any atom is 0.258 e. The normalized spacial score (nSPS) is 12.0. The number of unbranched alkanes of at least 4 members (excludes halogenated alkanes) is 1. The molecule has 0 aliphatic carbocycles. The summed E-state index contributed by atoms with van der Waals surface area (Å²) in [5.41, 5.74) is 0. The zero-order chi connectivity index (χ0) is 12.4. The van der Waals surface area contributed by atoms with Crippen molar-refractivity contribution in [1.29, 1.82) is 0 Å². The first-order valence-corrected chi connectivity index (χ1v) is 7.59. The first-order chi connectivity index (χ1) is 7.65. The Morgan fingerprint density at radius 3 is 2.00 bits per heavy atom. The van der Waals surface area contributed by atoms with Crippen LogP contribution in [0.1, 0.15) is 47.5 Å². The molecule has 0 rings (SSSR count). The van der Waals surface area contributed by atoms with Crippen LogP contribution in [0.2, 0.25) is 0 Å². The number of hydrogen-bond acceptors (Lipinski definition) is 3. The summed E-state index contributed by atoms with van der Waals surface area (Å²) in [5, 5.41) is 0. The molecule has 0 radical (unpaired) electrons. The van der Waals surface area contributed by atoms with Gasteiger partial charge in [0.15, 0.2) is 0 Å². The fourth-order valence-corrected chi connectivity index (χ4v) is 3.03. The first-order valence-electron chi connectivity index (χ1n) is 6.46. The van der Waals surface area contributed by atoms with Gasteiger partial charge in [0.05, 0.1) is 13.2 Å². The molecule has 4 heteroatoms. The lowest BCUT2D eigenvalue weighted by molar-refractivity contribution is 0.209. The maximum absolute atomic E-state index is 5.71. The van der Waals surface area contributed by atoms with Crippen molar-refractivity contribution in [3.8, 4) is 0 Å². The van der Waals surface area contributed by atoms with Crippen LogP contribution < -0.4 is 0 Å². The number of nitrogens with zero attached hydrogens (tertiary/aromatic N) is 1. The van der Waals surface area contributed by atoms with Crippen LogP contribution in [-0.4, -0.2) is 31.0 Å². The maximum atomic E-state index is 5.71. The zero-order valence-electron chi connectivity index (χ0n) is 11.5. The molecule has 0 aliphatic rings. The zero-order valence-corrected chi connectivity index (χ0v) is 12.4. The summed E-state index contributed by atoms with van der Waals surface area (Å²) in [7, 11) is -0.835. The van der Waals surface area contributed by atoms with E-state index in [0.29, 0.717) is 5.92 Å². The second kappa shape index (κ2) is 10.5. The van der Waals surface area contributed by atoms with Crippen LogP contribution in [0.3, 0.4) is 0 Å². The van der Waals surface area contributed by atoms with Gasteiger partial charge in [0.25, 0.3) is 8.53 Å². The standard InChI is InChI=1S/C12H28NO2P/c1-6-9-10-13(11-12(4)5)16(14-7-2)15-8-3/h12H,6-11H2,1-5H3. The van der Waals surface area contributed by atoms with Crippen molar-refractivity contribution in [2.45, 2.75) is 47.5 Å². The minimum Gasteiger partial charge on any atom is -0.322 e. The van der Waals surface area contributed by atoms with E-state index in [-0.39, 0.29) is 0 Å². The van der Waals surface area contributed by atoms with Crippen molar-refractivity contribution in [3.63, 3.8) is 0 Å². The van der Waals surface area contributed by atoms with Gasteiger partial charge in [0.2, 0.25) is 0 Å². The Morgan fingerprint density at radius 2 is 1.62 bits per heavy atom. The van der Waals surface area contributed by atoms with Gasteiger partial charge in [-0.3, -0.25) is 0 Å². The molecule has 0 aromatic rings. The van der Waals surface area contributed by atoms with Gasteiger partial charge in [-0.05, 0) is 26.2 Å². The van der Waals surface area contributed by atoms with Crippen LogP contribution in [0, 0.1) is 5.92 Å². The molecule has 0 aromatic carbocycles. The average Bonchev–Trinajstić information content (AvgIpc) is 2.23. The topological polar surface area (TPSA) is 21.7 Å². The third-order valence-corrected chi connectivity index (χ3v) is 3.84. The van der Waals surface area contributed by atoms with Gasteiger partial charge < -0.3 is 9.05 Å². The molecular weight excluding hydrogens is 221 g/mol. The highest BCUT2D eigenvalue weighted by molar-refractivity contribution is 7.44. The fraction of sp³-hybridized carbons (Fsp3) is 1.00. The predicted molar refractivity (Wildman–Crippen MR) is 71.5 cm³/mol. The van der Waals surface area contributed by atoms with Gasteiger partial charge in [0.1, 0.15) is 0 Å². The second-order valence-electron chi connectivity index (χ2n) is 4.23. The van der Waals surface area contributed by atoms with E-state index < -0.39 is 8.53 Å². The molecule has 0 spiro atoms. The summed E-state index contributed by atoms with van der Waals surface area (Å²) in [5.74, 6) is 0.655. The second-order valence-corrected chi connectivity index (χ2v) is 5.79. The van der Waals surface area contributed by atoms with Crippen molar-refractivity contribution in [2.24, 2.45) is 5.92 Å². The van der Waals surface area contributed by atoms with Gasteiger partial charge in [-0.2, -0.15) is 0 Å². The molecule has 3 nitrogen and oxygen atoms in total. The first kappa shape index (κ1) is 16.3. The molecule has 16 heavy (non-hydrogen) atoms. The Labute approximate surface area is 102 Å². The molecule has 0 unspecified atom stereocenters. The molecule has 0 fully saturated rings. The van der Waals surface area contributed by atoms with Gasteiger partial charge in [-0.25, -0.2) is 4.67 Å². The number of rotatable bonds is 10. The Kier molecular flexibility index (Phi) is 10.7. The fourth-order valence-electron chi connectivity index (χ4n) is 1.42. The van der Waals surface area contributed by atoms with Crippen molar-refractivity contribution < 1.29 is 9.05 Å². The van der Waals surface area contributed by atoms with Crippen LogP contribution in [0.4, 0.5) is 0 Å². The van der Waals surface area contributed by atoms with Crippen LogP contribution >= 0.6 is 8.53 Å². The van der Waals surface area contributed by atoms with E-state index in [4.69, 9.17) is 9.05 Å². The highest BCUT2D eigenvalue weighted by Crippen LogP contribution is 2.43. The molecule has 0 amide bonds. The summed E-state index contributed by atoms with van der Waals surface area (Å²) in [6.45, 7) is 14.4. The van der Waals surface area contributed by atoms with E-state index in [0.717, 1.165) is 26.3 Å². The third-order valence-electron chi connectivity index (χ3n) is 2.06. The van der Waals surface area contributed by atoms with Crippen LogP contribution in [0.15, 0.2) is 0 Å². The monoisotopic (exact) mass is 249 g/mol. The summed E-state index contributed by atoms with van der Waals surface area (Å²) >= 11 is 0. The molecule has 0 aromatic heterocycles. The molecule has 0 N–H and O–H groups in total. The van der Waals surface area contributed by atoms with Gasteiger partial charge in [-0.1, -0.05) is 27.2 Å². The summed E-state index contributed by atoms with van der Waals surface area (Å²) in [6, 6.07) is 0. The largest absolute Gasteiger partial charge is 0.322 e. The lowest BCUT2D eigenvalue weighted by atomic mass is 10.2. The molecule has 0 heterocycles. The minimum atomic E-state index is -0.835. The van der Waals surface area contributed by atoms with E-state index in [1.807, 2.05) is 13.8 Å². The summed E-state index contributed by atoms with van der Waals surface area (Å²) < 4.78 is 13.8. The molecule has 0 aliphatic heterocycles. The van der Waals surface area contributed by atoms with E-state index in [2.05, 4.69) is 25.4 Å². The summed E-state index contributed by atoms with van der Waals surface area (Å²) in [6.07, 6.45) is 2.43. The molecule has 0 bridgehead atoms. The minimum absolute atomic E-state index is 0.655. The lowest BCUT2D eigenvalue weighted by Crippen LogP contribution is -2.25. The smallest absolute Gasteiger partial charge is 0.258 e. The van der Waals surface area contributed by atoms with Crippen LogP contribution in [0.25, 0.3) is 0 Å². The van der Waals surface area contributed by atoms with Crippen molar-refractivity contribution in [2.75, 3.05) is 26.3 Å². The van der Waals surface area contributed by atoms with Crippen LogP contribution in [-0.2, 0) is 9.05 Å². The van der Waals surface area contributed by atoms with Crippen molar-refractivity contribution in [1.82, 2.24) is 4.67 Å². The quantitative estimate of drug-likeness (QED) is 0.545. The highest BCUT2D eigenvalue weighted by atomic mass is 31.2. The molecule has 0 atom stereocenters. The Balaban J connectivity index is 4.26. The van der Waals surface area contributed by atoms with Gasteiger partial charge in [0, 0.05) is 13.1 Å². The lowest BCUT2D eigenvalue weighted by Gasteiger charge is -2.30. The Bertz CT molecular complexity index is 150. The predicted octanol–water partition coefficient (Wildman–Crippen LogP) is 4.04.